The first-order chi connectivity index (χ1) is 9.61. The van der Waals surface area contributed by atoms with Gasteiger partial charge in [-0.05, 0) is 17.7 Å². The lowest BCUT2D eigenvalue weighted by molar-refractivity contribution is 0.653. The molecule has 0 aliphatic rings. The second-order valence-corrected chi connectivity index (χ2v) is 7.19. The molecule has 1 heterocycles. The van der Waals surface area contributed by atoms with E-state index in [2.05, 4.69) is 17.6 Å². The average Bonchev–Trinajstić information content (AvgIpc) is 2.99. The second-order valence-electron chi connectivity index (χ2n) is 4.00. The number of imidazole rings is 1. The Kier molecular flexibility index (Phi) is 6.23. The summed E-state index contributed by atoms with van der Waals surface area (Å²) in [5.74, 6) is 0.539. The van der Waals surface area contributed by atoms with E-state index in [1.54, 1.807) is 24.3 Å². The molecule has 0 bridgehead atoms. The molecular weight excluding hydrogens is 351 g/mol. The van der Waals surface area contributed by atoms with Crippen LogP contribution in [0, 0.1) is 0 Å². The van der Waals surface area contributed by atoms with Crippen LogP contribution < -0.4 is 0 Å². The van der Waals surface area contributed by atoms with Gasteiger partial charge in [-0.15, -0.1) is 11.8 Å². The van der Waals surface area contributed by atoms with Gasteiger partial charge in [0.25, 0.3) is 0 Å². The number of hydrogen-bond donors (Lipinski definition) is 1. The van der Waals surface area contributed by atoms with Crippen molar-refractivity contribution >= 4 is 64.0 Å². The fourth-order valence-corrected chi connectivity index (χ4v) is 3.67. The molecule has 0 spiro atoms. The largest absolute Gasteiger partial charge is 0.319 e. The molecule has 0 aliphatic carbocycles. The Hall–Kier alpha value is -0.200. The highest BCUT2D eigenvalue weighted by atomic mass is 35.5. The zero-order valence-corrected chi connectivity index (χ0v) is 14.4. The Bertz CT molecular complexity index is 558. The predicted octanol–water partition coefficient (Wildman–Crippen LogP) is 5.01. The van der Waals surface area contributed by atoms with E-state index in [1.807, 2.05) is 35.0 Å². The summed E-state index contributed by atoms with van der Waals surface area (Å²) >= 11 is 23.6. The summed E-state index contributed by atoms with van der Waals surface area (Å²) in [7, 11) is 0. The molecule has 2 nitrogen and oxygen atoms in total. The van der Waals surface area contributed by atoms with Gasteiger partial charge in [-0.1, -0.05) is 47.6 Å². The summed E-state index contributed by atoms with van der Waals surface area (Å²) in [6, 6.07) is 7.64. The topological polar surface area (TPSA) is 17.8 Å². The van der Waals surface area contributed by atoms with Gasteiger partial charge in [0, 0.05) is 23.2 Å². The van der Waals surface area contributed by atoms with Gasteiger partial charge in [-0.25, -0.2) is 4.98 Å². The highest BCUT2D eigenvalue weighted by molar-refractivity contribution is 8.24. The molecule has 2 unspecified atom stereocenters. The molecule has 2 rings (SSSR count). The molecule has 2 atom stereocenters. The van der Waals surface area contributed by atoms with Crippen LogP contribution in [0.3, 0.4) is 0 Å². The van der Waals surface area contributed by atoms with Crippen LogP contribution in [-0.4, -0.2) is 19.5 Å². The third kappa shape index (κ3) is 4.15. The van der Waals surface area contributed by atoms with Crippen LogP contribution >= 0.6 is 59.8 Å². The number of benzene rings is 1. The molecule has 7 heteroatoms. The van der Waals surface area contributed by atoms with Crippen LogP contribution in [0.25, 0.3) is 0 Å². The summed E-state index contributed by atoms with van der Waals surface area (Å²) < 4.78 is 2.66. The molecule has 106 valence electrons. The third-order valence-electron chi connectivity index (χ3n) is 2.65. The number of halogens is 2. The van der Waals surface area contributed by atoms with Crippen LogP contribution in [0.2, 0.25) is 5.02 Å². The van der Waals surface area contributed by atoms with Crippen LogP contribution in [-0.2, 0) is 0 Å². The van der Waals surface area contributed by atoms with Crippen molar-refractivity contribution in [1.82, 2.24) is 9.55 Å². The lowest BCUT2D eigenvalue weighted by atomic mass is 10.1. The van der Waals surface area contributed by atoms with E-state index >= 15 is 0 Å². The molecule has 20 heavy (non-hydrogen) atoms. The van der Waals surface area contributed by atoms with E-state index in [9.17, 15) is 0 Å². The molecular formula is C13H12Cl2N2S3. The van der Waals surface area contributed by atoms with Crippen molar-refractivity contribution in [2.24, 2.45) is 0 Å². The highest BCUT2D eigenvalue weighted by Gasteiger charge is 2.24. The maximum atomic E-state index is 6.57. The van der Waals surface area contributed by atoms with Gasteiger partial charge < -0.3 is 4.57 Å². The first kappa shape index (κ1) is 16.2. The Morgan fingerprint density at radius 3 is 2.65 bits per heavy atom. The van der Waals surface area contributed by atoms with E-state index in [-0.39, 0.29) is 10.8 Å². The van der Waals surface area contributed by atoms with Gasteiger partial charge in [0.15, 0.2) is 0 Å². The quantitative estimate of drug-likeness (QED) is 0.458. The maximum Gasteiger partial charge on any atom is 0.125 e. The van der Waals surface area contributed by atoms with Gasteiger partial charge in [-0.2, -0.15) is 12.6 Å². The fraction of sp³-hybridized carbons (Fsp3) is 0.231. The molecule has 0 saturated heterocycles. The third-order valence-corrected chi connectivity index (χ3v) is 5.89. The second kappa shape index (κ2) is 7.71. The SMILES string of the molecule is S=C(CS)SC(c1ccc(Cl)cc1)C(Cl)n1ccnc1. The number of thioether (sulfide) groups is 1. The standard InChI is InChI=1S/C13H12Cl2N2S3/c14-10-3-1-9(2-4-10)12(20-11(19)7-18)13(15)17-6-5-16-8-17/h1-6,8,12-13,18H,7H2. The number of thiocarbonyl (C=S) groups is 1. The van der Waals surface area contributed by atoms with Crippen molar-refractivity contribution in [1.29, 1.82) is 0 Å². The normalized spacial score (nSPS) is 13.9. The van der Waals surface area contributed by atoms with Crippen LogP contribution in [0.1, 0.15) is 16.3 Å². The van der Waals surface area contributed by atoms with Crippen molar-refractivity contribution in [3.8, 4) is 0 Å². The molecule has 0 saturated carbocycles. The van der Waals surface area contributed by atoms with Crippen LogP contribution in [0.15, 0.2) is 43.0 Å². The highest BCUT2D eigenvalue weighted by Crippen LogP contribution is 2.42. The Labute approximate surface area is 143 Å². The minimum absolute atomic E-state index is 0.0252. The summed E-state index contributed by atoms with van der Waals surface area (Å²) in [6.45, 7) is 0. The molecule has 0 amide bonds. The van der Waals surface area contributed by atoms with E-state index in [0.717, 1.165) is 9.76 Å². The molecule has 0 fully saturated rings. The average molecular weight is 363 g/mol. The number of hydrogen-bond acceptors (Lipinski definition) is 4. The fourth-order valence-electron chi connectivity index (χ4n) is 1.69. The lowest BCUT2D eigenvalue weighted by Crippen LogP contribution is -2.11. The lowest BCUT2D eigenvalue weighted by Gasteiger charge is -2.23. The predicted molar refractivity (Wildman–Crippen MR) is 95.4 cm³/mol. The van der Waals surface area contributed by atoms with Crippen LogP contribution in [0.4, 0.5) is 0 Å². The Morgan fingerprint density at radius 2 is 2.10 bits per heavy atom. The number of thiol groups is 1. The van der Waals surface area contributed by atoms with Crippen LogP contribution in [0.5, 0.6) is 0 Å². The smallest absolute Gasteiger partial charge is 0.125 e. The van der Waals surface area contributed by atoms with Gasteiger partial charge in [0.1, 0.15) is 5.50 Å². The summed E-state index contributed by atoms with van der Waals surface area (Å²) in [4.78, 5) is 4.03. The van der Waals surface area contributed by atoms with Crippen molar-refractivity contribution < 1.29 is 0 Å². The molecule has 0 radical (unpaired) electrons. The van der Waals surface area contributed by atoms with E-state index in [4.69, 9.17) is 35.4 Å². The Morgan fingerprint density at radius 1 is 1.40 bits per heavy atom. The zero-order chi connectivity index (χ0) is 14.5. The summed E-state index contributed by atoms with van der Waals surface area (Å²) in [5.41, 5.74) is 0.777. The van der Waals surface area contributed by atoms with Gasteiger partial charge >= 0.3 is 0 Å². The van der Waals surface area contributed by atoms with Crippen molar-refractivity contribution in [3.63, 3.8) is 0 Å². The molecule has 0 N–H and O–H groups in total. The minimum Gasteiger partial charge on any atom is -0.319 e. The minimum atomic E-state index is -0.290. The first-order valence-corrected chi connectivity index (χ1v) is 8.52. The Balaban J connectivity index is 2.28. The summed E-state index contributed by atoms with van der Waals surface area (Å²) in [5, 5.41) is 0.672. The summed E-state index contributed by atoms with van der Waals surface area (Å²) in [6.07, 6.45) is 5.24. The number of aromatic nitrogens is 2. The molecule has 1 aromatic heterocycles. The number of rotatable bonds is 5. The first-order valence-electron chi connectivity index (χ1n) is 5.79. The zero-order valence-electron chi connectivity index (χ0n) is 10.3. The number of nitrogens with zero attached hydrogens (tertiary/aromatic N) is 2. The van der Waals surface area contributed by atoms with Crippen molar-refractivity contribution in [2.45, 2.75) is 10.8 Å². The number of alkyl halides is 1. The molecule has 1 aromatic carbocycles. The van der Waals surface area contributed by atoms with Crippen molar-refractivity contribution in [2.75, 3.05) is 5.75 Å². The maximum absolute atomic E-state index is 6.57. The molecule has 2 aromatic rings. The molecule has 0 aliphatic heterocycles. The monoisotopic (exact) mass is 362 g/mol. The van der Waals surface area contributed by atoms with E-state index in [0.29, 0.717) is 10.8 Å². The van der Waals surface area contributed by atoms with Gasteiger partial charge in [-0.3, -0.25) is 0 Å². The van der Waals surface area contributed by atoms with Gasteiger partial charge in [0.05, 0.1) is 15.8 Å². The van der Waals surface area contributed by atoms with Gasteiger partial charge in [0.2, 0.25) is 0 Å². The van der Waals surface area contributed by atoms with E-state index < -0.39 is 0 Å². The van der Waals surface area contributed by atoms with E-state index in [1.165, 1.54) is 0 Å². The van der Waals surface area contributed by atoms with Crippen molar-refractivity contribution in [3.05, 3.63) is 53.6 Å².